The Bertz CT molecular complexity index is 1170. The smallest absolute Gasteiger partial charge is 0.218 e. The van der Waals surface area contributed by atoms with E-state index < -0.39 is 16.1 Å². The highest BCUT2D eigenvalue weighted by atomic mass is 32.2. The van der Waals surface area contributed by atoms with Gasteiger partial charge < -0.3 is 19.9 Å². The fourth-order valence-corrected chi connectivity index (χ4v) is 5.91. The van der Waals surface area contributed by atoms with E-state index in [0.29, 0.717) is 37.9 Å². The first-order valence-corrected chi connectivity index (χ1v) is 14.4. The van der Waals surface area contributed by atoms with Gasteiger partial charge in [0, 0.05) is 19.6 Å². The lowest BCUT2D eigenvalue weighted by atomic mass is 9.98. The second-order valence-corrected chi connectivity index (χ2v) is 11.4. The molecule has 1 fully saturated rings. The molecule has 0 spiro atoms. The van der Waals surface area contributed by atoms with E-state index in [1.54, 1.807) is 4.31 Å². The molecule has 0 bridgehead atoms. The summed E-state index contributed by atoms with van der Waals surface area (Å²) in [7, 11) is -3.30. The normalized spacial score (nSPS) is 15.8. The zero-order chi connectivity index (χ0) is 25.9. The number of nitrogens with zero attached hydrogens (tertiary/aromatic N) is 1. The van der Waals surface area contributed by atoms with E-state index in [4.69, 9.17) is 9.47 Å². The average Bonchev–Trinajstić information content (AvgIpc) is 2.92. The lowest BCUT2D eigenvalue weighted by Gasteiger charge is -2.31. The van der Waals surface area contributed by atoms with Gasteiger partial charge in [0.25, 0.3) is 0 Å². The maximum atomic E-state index is 12.7. The minimum Gasteiger partial charge on any atom is -0.491 e. The molecule has 0 radical (unpaired) electrons. The predicted molar refractivity (Wildman–Crippen MR) is 145 cm³/mol. The Hall–Kier alpha value is -2.91. The Morgan fingerprint density at radius 1 is 0.838 bits per heavy atom. The minimum atomic E-state index is -3.30. The second-order valence-electron chi connectivity index (χ2n) is 9.45. The Morgan fingerprint density at radius 2 is 1.41 bits per heavy atom. The van der Waals surface area contributed by atoms with E-state index in [1.165, 1.54) is 0 Å². The van der Waals surface area contributed by atoms with Crippen molar-refractivity contribution < 1.29 is 23.0 Å². The van der Waals surface area contributed by atoms with Crippen LogP contribution in [0, 0.1) is 5.92 Å². The van der Waals surface area contributed by atoms with Gasteiger partial charge in [0.05, 0.1) is 5.75 Å². The van der Waals surface area contributed by atoms with E-state index in [1.807, 2.05) is 84.9 Å². The van der Waals surface area contributed by atoms with E-state index in [-0.39, 0.29) is 12.4 Å². The van der Waals surface area contributed by atoms with Crippen LogP contribution in [0.2, 0.25) is 0 Å². The summed E-state index contributed by atoms with van der Waals surface area (Å²) in [5.74, 6) is 1.87. The van der Waals surface area contributed by atoms with Gasteiger partial charge in [-0.2, -0.15) is 0 Å². The lowest BCUT2D eigenvalue weighted by molar-refractivity contribution is 0.104. The molecule has 1 heterocycles. The van der Waals surface area contributed by atoms with Crippen LogP contribution in [-0.4, -0.2) is 56.7 Å². The van der Waals surface area contributed by atoms with Crippen molar-refractivity contribution in [3.8, 4) is 11.5 Å². The molecule has 7 nitrogen and oxygen atoms in total. The molecule has 198 valence electrons. The van der Waals surface area contributed by atoms with Crippen LogP contribution in [0.1, 0.15) is 24.0 Å². The summed E-state index contributed by atoms with van der Waals surface area (Å²) in [5, 5.41) is 13.6. The number of benzene rings is 3. The molecule has 4 rings (SSSR count). The minimum absolute atomic E-state index is 0.0480. The zero-order valence-electron chi connectivity index (χ0n) is 21.0. The molecule has 0 aliphatic carbocycles. The van der Waals surface area contributed by atoms with Gasteiger partial charge in [-0.3, -0.25) is 0 Å². The van der Waals surface area contributed by atoms with Crippen molar-refractivity contribution in [3.63, 3.8) is 0 Å². The maximum absolute atomic E-state index is 12.7. The van der Waals surface area contributed by atoms with Crippen molar-refractivity contribution >= 4 is 10.0 Å². The summed E-state index contributed by atoms with van der Waals surface area (Å²) in [6.07, 6.45) is 0.985. The van der Waals surface area contributed by atoms with Crippen LogP contribution in [0.3, 0.4) is 0 Å². The number of ether oxygens (including phenoxy) is 2. The largest absolute Gasteiger partial charge is 0.491 e. The zero-order valence-corrected chi connectivity index (χ0v) is 21.9. The molecular formula is C29H36N2O5S. The standard InChI is InChI=1S/C29H36N2O5S/c32-27(22-36-29-13-11-28(12-14-29)35-21-25-7-3-1-4-8-25)20-30-19-24-15-17-31(18-16-24)37(33,34)23-26-9-5-2-6-10-26/h1-14,24,27,30,32H,15-23H2/t27-/m0/s1. The van der Waals surface area contributed by atoms with Crippen LogP contribution >= 0.6 is 0 Å². The lowest BCUT2D eigenvalue weighted by Crippen LogP contribution is -2.42. The molecule has 0 aromatic heterocycles. The van der Waals surface area contributed by atoms with Crippen molar-refractivity contribution in [2.75, 3.05) is 32.8 Å². The SMILES string of the molecule is O=S(=O)(Cc1ccccc1)N1CCC(CNC[C@H](O)COc2ccc(OCc3ccccc3)cc2)CC1. The van der Waals surface area contributed by atoms with Gasteiger partial charge in [0.2, 0.25) is 10.0 Å². The summed E-state index contributed by atoms with van der Waals surface area (Å²) in [6.45, 7) is 2.94. The van der Waals surface area contributed by atoms with Crippen LogP contribution < -0.4 is 14.8 Å². The van der Waals surface area contributed by atoms with Crippen molar-refractivity contribution in [2.24, 2.45) is 5.92 Å². The van der Waals surface area contributed by atoms with Gasteiger partial charge in [0.1, 0.15) is 30.8 Å². The van der Waals surface area contributed by atoms with E-state index in [0.717, 1.165) is 36.3 Å². The monoisotopic (exact) mass is 524 g/mol. The number of hydrogen-bond acceptors (Lipinski definition) is 6. The third kappa shape index (κ3) is 8.86. The molecule has 1 atom stereocenters. The maximum Gasteiger partial charge on any atom is 0.218 e. The van der Waals surface area contributed by atoms with Gasteiger partial charge in [0.15, 0.2) is 0 Å². The predicted octanol–water partition coefficient (Wildman–Crippen LogP) is 3.84. The van der Waals surface area contributed by atoms with E-state index in [9.17, 15) is 13.5 Å². The quantitative estimate of drug-likeness (QED) is 0.353. The van der Waals surface area contributed by atoms with Gasteiger partial charge in [-0.15, -0.1) is 0 Å². The fourth-order valence-electron chi connectivity index (χ4n) is 4.35. The molecular weight excluding hydrogens is 488 g/mol. The molecule has 3 aromatic carbocycles. The summed E-state index contributed by atoms with van der Waals surface area (Å²) in [4.78, 5) is 0. The van der Waals surface area contributed by atoms with Crippen LogP contribution in [0.5, 0.6) is 11.5 Å². The number of rotatable bonds is 13. The molecule has 8 heteroatoms. The van der Waals surface area contributed by atoms with Crippen molar-refractivity contribution in [1.29, 1.82) is 0 Å². The number of sulfonamides is 1. The summed E-state index contributed by atoms with van der Waals surface area (Å²) < 4.78 is 38.5. The second kappa shape index (κ2) is 13.6. The number of aliphatic hydroxyl groups excluding tert-OH is 1. The summed E-state index contributed by atoms with van der Waals surface area (Å²) >= 11 is 0. The van der Waals surface area contributed by atoms with E-state index in [2.05, 4.69) is 5.32 Å². The molecule has 0 saturated carbocycles. The number of piperidine rings is 1. The van der Waals surface area contributed by atoms with Crippen molar-refractivity contribution in [3.05, 3.63) is 96.1 Å². The fraction of sp³-hybridized carbons (Fsp3) is 0.379. The summed E-state index contributed by atoms with van der Waals surface area (Å²) in [5.41, 5.74) is 1.92. The molecule has 1 aliphatic heterocycles. The third-order valence-corrected chi connectivity index (χ3v) is 8.34. The van der Waals surface area contributed by atoms with Crippen molar-refractivity contribution in [2.45, 2.75) is 31.3 Å². The number of aliphatic hydroxyl groups is 1. The molecule has 3 aromatic rings. The Balaban J connectivity index is 1.09. The van der Waals surface area contributed by atoms with Gasteiger partial charge in [-0.25, -0.2) is 12.7 Å². The molecule has 0 amide bonds. The molecule has 1 aliphatic rings. The Labute approximate surface area is 220 Å². The first kappa shape index (κ1) is 27.1. The van der Waals surface area contributed by atoms with Crippen LogP contribution in [-0.2, 0) is 22.4 Å². The van der Waals surface area contributed by atoms with E-state index >= 15 is 0 Å². The number of nitrogens with one attached hydrogen (secondary N) is 1. The molecule has 0 unspecified atom stereocenters. The Morgan fingerprint density at radius 3 is 2.03 bits per heavy atom. The third-order valence-electron chi connectivity index (χ3n) is 6.49. The van der Waals surface area contributed by atoms with Gasteiger partial charge in [-0.05, 0) is 60.7 Å². The first-order chi connectivity index (χ1) is 18.0. The highest BCUT2D eigenvalue weighted by Crippen LogP contribution is 2.22. The molecule has 2 N–H and O–H groups in total. The highest BCUT2D eigenvalue weighted by Gasteiger charge is 2.28. The molecule has 1 saturated heterocycles. The topological polar surface area (TPSA) is 88.1 Å². The van der Waals surface area contributed by atoms with Crippen molar-refractivity contribution in [1.82, 2.24) is 9.62 Å². The Kier molecular flexibility index (Phi) is 9.96. The average molecular weight is 525 g/mol. The van der Waals surface area contributed by atoms with Crippen LogP contribution in [0.15, 0.2) is 84.9 Å². The van der Waals surface area contributed by atoms with Gasteiger partial charge in [-0.1, -0.05) is 60.7 Å². The first-order valence-electron chi connectivity index (χ1n) is 12.8. The van der Waals surface area contributed by atoms with Gasteiger partial charge >= 0.3 is 0 Å². The van der Waals surface area contributed by atoms with Crippen LogP contribution in [0.25, 0.3) is 0 Å². The number of hydrogen-bond donors (Lipinski definition) is 2. The molecule has 37 heavy (non-hydrogen) atoms. The van der Waals surface area contributed by atoms with Crippen LogP contribution in [0.4, 0.5) is 0 Å². The highest BCUT2D eigenvalue weighted by molar-refractivity contribution is 7.88. The summed E-state index contributed by atoms with van der Waals surface area (Å²) in [6, 6.07) is 26.7.